The Hall–Kier alpha value is -2.54. The summed E-state index contributed by atoms with van der Waals surface area (Å²) in [6.45, 7) is 4.89. The van der Waals surface area contributed by atoms with Crippen molar-refractivity contribution in [1.82, 2.24) is 0 Å². The molecule has 0 saturated heterocycles. The molecular weight excluding hydrogens is 349 g/mol. The lowest BCUT2D eigenvalue weighted by molar-refractivity contribution is -0.274. The van der Waals surface area contributed by atoms with Crippen molar-refractivity contribution in [1.29, 1.82) is 0 Å². The molecule has 0 aliphatic carbocycles. The zero-order chi connectivity index (χ0) is 19.5. The Balaban J connectivity index is 2.37. The van der Waals surface area contributed by atoms with Crippen LogP contribution in [0.25, 0.3) is 11.1 Å². The molecule has 7 heteroatoms. The van der Waals surface area contributed by atoms with Crippen LogP contribution in [0.15, 0.2) is 42.5 Å². The van der Waals surface area contributed by atoms with Crippen LogP contribution in [0.3, 0.4) is 0 Å². The molecule has 0 aliphatic rings. The first kappa shape index (κ1) is 19.8. The van der Waals surface area contributed by atoms with E-state index >= 15 is 0 Å². The maximum Gasteiger partial charge on any atom is 0.573 e. The Morgan fingerprint density at radius 1 is 1.04 bits per heavy atom. The standard InChI is InChI=1S/C19H19F3O4/c1-18(2,3)26-17(24)14-7-5-13(6-8-14)15-10-12(11-23)4-9-16(15)25-19(20,21)22/h4-10,23H,11H2,1-3H3. The molecule has 0 spiro atoms. The van der Waals surface area contributed by atoms with Crippen molar-refractivity contribution in [3.05, 3.63) is 53.6 Å². The highest BCUT2D eigenvalue weighted by atomic mass is 19.4. The van der Waals surface area contributed by atoms with Gasteiger partial charge in [0.1, 0.15) is 11.4 Å². The number of aliphatic hydroxyl groups excluding tert-OH is 1. The summed E-state index contributed by atoms with van der Waals surface area (Å²) in [7, 11) is 0. The molecule has 0 amide bonds. The molecule has 0 aromatic heterocycles. The lowest BCUT2D eigenvalue weighted by Gasteiger charge is -2.19. The molecule has 0 aliphatic heterocycles. The zero-order valence-corrected chi connectivity index (χ0v) is 14.6. The summed E-state index contributed by atoms with van der Waals surface area (Å²) < 4.78 is 47.1. The van der Waals surface area contributed by atoms with Crippen LogP contribution in [-0.4, -0.2) is 23.0 Å². The lowest BCUT2D eigenvalue weighted by Crippen LogP contribution is -2.23. The predicted molar refractivity (Wildman–Crippen MR) is 89.7 cm³/mol. The van der Waals surface area contributed by atoms with E-state index in [0.717, 1.165) is 6.07 Å². The number of benzene rings is 2. The molecule has 0 radical (unpaired) electrons. The Morgan fingerprint density at radius 3 is 2.15 bits per heavy atom. The van der Waals surface area contributed by atoms with E-state index in [1.54, 1.807) is 20.8 Å². The van der Waals surface area contributed by atoms with Gasteiger partial charge in [0.15, 0.2) is 0 Å². The summed E-state index contributed by atoms with van der Waals surface area (Å²) in [5, 5.41) is 9.23. The fourth-order valence-electron chi connectivity index (χ4n) is 2.24. The average Bonchev–Trinajstić information content (AvgIpc) is 2.52. The van der Waals surface area contributed by atoms with Crippen LogP contribution < -0.4 is 4.74 Å². The van der Waals surface area contributed by atoms with E-state index in [1.807, 2.05) is 0 Å². The first-order chi connectivity index (χ1) is 12.0. The molecule has 1 N–H and O–H groups in total. The molecule has 0 fully saturated rings. The van der Waals surface area contributed by atoms with Crippen LogP contribution in [0, 0.1) is 0 Å². The molecule has 0 atom stereocenters. The third-order valence-electron chi connectivity index (χ3n) is 3.28. The van der Waals surface area contributed by atoms with Crippen LogP contribution in [-0.2, 0) is 11.3 Å². The van der Waals surface area contributed by atoms with Crippen molar-refractivity contribution >= 4 is 5.97 Å². The second-order valence-electron chi connectivity index (χ2n) is 6.62. The number of esters is 1. The van der Waals surface area contributed by atoms with Gasteiger partial charge in [-0.25, -0.2) is 4.79 Å². The molecule has 26 heavy (non-hydrogen) atoms. The van der Waals surface area contributed by atoms with Crippen LogP contribution in [0.4, 0.5) is 13.2 Å². The molecule has 2 aromatic carbocycles. The average molecular weight is 368 g/mol. The fraction of sp³-hybridized carbons (Fsp3) is 0.316. The summed E-state index contributed by atoms with van der Waals surface area (Å²) in [6, 6.07) is 9.83. The zero-order valence-electron chi connectivity index (χ0n) is 14.6. The van der Waals surface area contributed by atoms with E-state index in [1.165, 1.54) is 36.4 Å². The molecule has 2 aromatic rings. The first-order valence-electron chi connectivity index (χ1n) is 7.82. The van der Waals surface area contributed by atoms with Gasteiger partial charge in [0.25, 0.3) is 0 Å². The molecule has 140 valence electrons. The third-order valence-corrected chi connectivity index (χ3v) is 3.28. The number of hydrogen-bond acceptors (Lipinski definition) is 4. The quantitative estimate of drug-likeness (QED) is 0.795. The van der Waals surface area contributed by atoms with Crippen molar-refractivity contribution < 1.29 is 32.5 Å². The van der Waals surface area contributed by atoms with Gasteiger partial charge in [-0.1, -0.05) is 18.2 Å². The molecular formula is C19H19F3O4. The van der Waals surface area contributed by atoms with Gasteiger partial charge in [-0.3, -0.25) is 0 Å². The SMILES string of the molecule is CC(C)(C)OC(=O)c1ccc(-c2cc(CO)ccc2OC(F)(F)F)cc1. The summed E-state index contributed by atoms with van der Waals surface area (Å²) in [5.74, 6) is -0.917. The number of carbonyl (C=O) groups is 1. The lowest BCUT2D eigenvalue weighted by atomic mass is 10.0. The van der Waals surface area contributed by atoms with Crippen molar-refractivity contribution in [2.24, 2.45) is 0 Å². The van der Waals surface area contributed by atoms with Crippen molar-refractivity contribution in [2.45, 2.75) is 39.3 Å². The Bertz CT molecular complexity index is 775. The molecule has 0 heterocycles. The normalized spacial score (nSPS) is 12.0. The second-order valence-corrected chi connectivity index (χ2v) is 6.62. The van der Waals surface area contributed by atoms with Gasteiger partial charge in [-0.05, 0) is 56.2 Å². The van der Waals surface area contributed by atoms with E-state index in [2.05, 4.69) is 4.74 Å². The third kappa shape index (κ3) is 5.49. The molecule has 0 unspecified atom stereocenters. The highest BCUT2D eigenvalue weighted by Gasteiger charge is 2.32. The highest BCUT2D eigenvalue weighted by molar-refractivity contribution is 5.90. The highest BCUT2D eigenvalue weighted by Crippen LogP contribution is 2.35. The Labute approximate surface area is 149 Å². The summed E-state index contributed by atoms with van der Waals surface area (Å²) in [5.41, 5.74) is 0.626. The topological polar surface area (TPSA) is 55.8 Å². The van der Waals surface area contributed by atoms with Gasteiger partial charge >= 0.3 is 12.3 Å². The number of carbonyl (C=O) groups excluding carboxylic acids is 1. The number of ether oxygens (including phenoxy) is 2. The first-order valence-corrected chi connectivity index (χ1v) is 7.82. The number of aliphatic hydroxyl groups is 1. The molecule has 0 saturated carbocycles. The van der Waals surface area contributed by atoms with Crippen molar-refractivity contribution in [3.63, 3.8) is 0 Å². The largest absolute Gasteiger partial charge is 0.573 e. The summed E-state index contributed by atoms with van der Waals surface area (Å²) >= 11 is 0. The fourth-order valence-corrected chi connectivity index (χ4v) is 2.24. The predicted octanol–water partition coefficient (Wildman–Crippen LogP) is 4.70. The van der Waals surface area contributed by atoms with E-state index < -0.39 is 17.9 Å². The molecule has 4 nitrogen and oxygen atoms in total. The minimum absolute atomic E-state index is 0.157. The monoisotopic (exact) mass is 368 g/mol. The smallest absolute Gasteiger partial charge is 0.456 e. The van der Waals surface area contributed by atoms with Gasteiger partial charge in [-0.2, -0.15) is 0 Å². The van der Waals surface area contributed by atoms with E-state index in [-0.39, 0.29) is 23.5 Å². The van der Waals surface area contributed by atoms with E-state index in [9.17, 15) is 23.1 Å². The maximum absolute atomic E-state index is 12.6. The number of alkyl halides is 3. The van der Waals surface area contributed by atoms with Crippen LogP contribution in [0.5, 0.6) is 5.75 Å². The minimum atomic E-state index is -4.84. The number of hydrogen-bond donors (Lipinski definition) is 1. The summed E-state index contributed by atoms with van der Waals surface area (Å²) in [6.07, 6.45) is -4.84. The Kier molecular flexibility index (Phi) is 5.61. The van der Waals surface area contributed by atoms with Gasteiger partial charge < -0.3 is 14.6 Å². The van der Waals surface area contributed by atoms with Gasteiger partial charge in [0.2, 0.25) is 0 Å². The van der Waals surface area contributed by atoms with Crippen molar-refractivity contribution in [2.75, 3.05) is 0 Å². The van der Waals surface area contributed by atoms with E-state index in [0.29, 0.717) is 11.1 Å². The second kappa shape index (κ2) is 7.37. The van der Waals surface area contributed by atoms with Crippen molar-refractivity contribution in [3.8, 4) is 16.9 Å². The van der Waals surface area contributed by atoms with Crippen LogP contribution in [0.1, 0.15) is 36.7 Å². The van der Waals surface area contributed by atoms with E-state index in [4.69, 9.17) is 4.74 Å². The number of halogens is 3. The van der Waals surface area contributed by atoms with Crippen LogP contribution >= 0.6 is 0 Å². The maximum atomic E-state index is 12.6. The van der Waals surface area contributed by atoms with Gasteiger partial charge in [0, 0.05) is 5.56 Å². The Morgan fingerprint density at radius 2 is 1.65 bits per heavy atom. The van der Waals surface area contributed by atoms with Crippen LogP contribution in [0.2, 0.25) is 0 Å². The summed E-state index contributed by atoms with van der Waals surface area (Å²) in [4.78, 5) is 12.0. The molecule has 0 bridgehead atoms. The van der Waals surface area contributed by atoms with Gasteiger partial charge in [-0.15, -0.1) is 13.2 Å². The molecule has 2 rings (SSSR count). The van der Waals surface area contributed by atoms with Gasteiger partial charge in [0.05, 0.1) is 12.2 Å². The number of rotatable bonds is 4. The minimum Gasteiger partial charge on any atom is -0.456 e.